The number of hydrogen-bond acceptors (Lipinski definition) is 3. The molecule has 0 heterocycles. The summed E-state index contributed by atoms with van der Waals surface area (Å²) in [5, 5.41) is 8.39. The van der Waals surface area contributed by atoms with Gasteiger partial charge in [-0.05, 0) is 74.6 Å². The molecule has 134 valence electrons. The Labute approximate surface area is 149 Å². The first-order valence-electron chi connectivity index (χ1n) is 9.18. The number of nitrogens with zero attached hydrogens (tertiary/aromatic N) is 1. The van der Waals surface area contributed by atoms with Crippen LogP contribution in [0.5, 0.6) is 5.75 Å². The molecule has 1 saturated carbocycles. The first kappa shape index (κ1) is 19.2. The number of carbonyl (C=O) groups excluding carboxylic acids is 1. The van der Waals surface area contributed by atoms with Crippen molar-refractivity contribution in [1.82, 2.24) is 0 Å². The van der Waals surface area contributed by atoms with Crippen molar-refractivity contribution in [2.75, 3.05) is 0 Å². The van der Waals surface area contributed by atoms with E-state index in [-0.39, 0.29) is 11.9 Å². The third kappa shape index (κ3) is 6.34. The Bertz CT molecular complexity index is 622. The fourth-order valence-corrected chi connectivity index (χ4v) is 3.39. The number of aryl methyl sites for hydroxylation is 1. The predicted octanol–water partition coefficient (Wildman–Crippen LogP) is 5.51. The molecule has 4 heteroatoms. The van der Waals surface area contributed by atoms with Gasteiger partial charge in [-0.25, -0.2) is 0 Å². The maximum absolute atomic E-state index is 12.8. The second-order valence-electron chi connectivity index (χ2n) is 6.77. The second-order valence-corrected chi connectivity index (χ2v) is 6.77. The molecule has 0 spiro atoms. The number of esters is 1. The Morgan fingerprint density at radius 1 is 1.28 bits per heavy atom. The summed E-state index contributed by atoms with van der Waals surface area (Å²) in [7, 11) is 0. The lowest BCUT2D eigenvalue weighted by Crippen LogP contribution is -2.25. The number of allylic oxidation sites excluding steroid dienone is 2. The predicted molar refractivity (Wildman–Crippen MR) is 95.6 cm³/mol. The van der Waals surface area contributed by atoms with Gasteiger partial charge in [-0.2, -0.15) is 9.65 Å². The quantitative estimate of drug-likeness (QED) is 0.373. The molecule has 1 fully saturated rings. The molecule has 1 aliphatic rings. The molecule has 2 rings (SSSR count). The number of hydrogen-bond donors (Lipinski definition) is 0. The molecule has 0 bridgehead atoms. The first-order chi connectivity index (χ1) is 12.1. The van der Waals surface area contributed by atoms with Crippen molar-refractivity contribution in [3.63, 3.8) is 0 Å². The Balaban J connectivity index is 1.74. The van der Waals surface area contributed by atoms with E-state index in [0.717, 1.165) is 44.9 Å². The van der Waals surface area contributed by atoms with E-state index >= 15 is 0 Å². The normalized spacial score (nSPS) is 20.8. The van der Waals surface area contributed by atoms with E-state index < -0.39 is 5.83 Å². The fraction of sp³-hybridized carbons (Fsp3) is 0.524. The Hall–Kier alpha value is -2.15. The zero-order chi connectivity index (χ0) is 18.1. The van der Waals surface area contributed by atoms with Crippen molar-refractivity contribution in [3.05, 3.63) is 41.7 Å². The van der Waals surface area contributed by atoms with Gasteiger partial charge in [0.05, 0.1) is 5.92 Å². The Kier molecular flexibility index (Phi) is 7.66. The Morgan fingerprint density at radius 2 is 1.96 bits per heavy atom. The minimum atomic E-state index is -0.706. The van der Waals surface area contributed by atoms with Gasteiger partial charge >= 0.3 is 5.97 Å². The van der Waals surface area contributed by atoms with Crippen LogP contribution < -0.4 is 4.74 Å². The van der Waals surface area contributed by atoms with Gasteiger partial charge in [0.2, 0.25) is 0 Å². The maximum atomic E-state index is 12.8. The van der Waals surface area contributed by atoms with E-state index in [2.05, 4.69) is 6.92 Å². The minimum Gasteiger partial charge on any atom is -0.426 e. The fourth-order valence-electron chi connectivity index (χ4n) is 3.39. The van der Waals surface area contributed by atoms with Crippen LogP contribution in [0.2, 0.25) is 0 Å². The average Bonchev–Trinajstić information content (AvgIpc) is 2.64. The lowest BCUT2D eigenvalue weighted by atomic mass is 9.80. The number of rotatable bonds is 7. The van der Waals surface area contributed by atoms with E-state index in [4.69, 9.17) is 10.00 Å². The van der Waals surface area contributed by atoms with Crippen LogP contribution in [0.25, 0.3) is 0 Å². The largest absolute Gasteiger partial charge is 0.426 e. The van der Waals surface area contributed by atoms with E-state index in [1.54, 1.807) is 0 Å². The van der Waals surface area contributed by atoms with Crippen LogP contribution in [0.4, 0.5) is 4.39 Å². The highest BCUT2D eigenvalue weighted by Crippen LogP contribution is 2.32. The van der Waals surface area contributed by atoms with Crippen LogP contribution in [0, 0.1) is 23.2 Å². The summed E-state index contributed by atoms with van der Waals surface area (Å²) < 4.78 is 18.3. The van der Waals surface area contributed by atoms with E-state index in [1.807, 2.05) is 24.3 Å². The standard InChI is InChI=1S/C21H26FNO2/c1-2-4-16-9-13-20(14-10-16)25-21(24)18-11-7-17(8-12-18)5-3-6-19(22)15-23/h6,9-10,13-14,17-18H,2-5,7-8,11-12H2,1H3/b19-6+. The highest BCUT2D eigenvalue weighted by molar-refractivity contribution is 5.75. The smallest absolute Gasteiger partial charge is 0.314 e. The number of halogens is 1. The van der Waals surface area contributed by atoms with Crippen molar-refractivity contribution in [3.8, 4) is 11.8 Å². The van der Waals surface area contributed by atoms with Crippen LogP contribution in [0.1, 0.15) is 57.4 Å². The lowest BCUT2D eigenvalue weighted by Gasteiger charge is -2.26. The van der Waals surface area contributed by atoms with Crippen LogP contribution >= 0.6 is 0 Å². The highest BCUT2D eigenvalue weighted by Gasteiger charge is 2.27. The monoisotopic (exact) mass is 343 g/mol. The van der Waals surface area contributed by atoms with Gasteiger partial charge in [-0.1, -0.05) is 25.5 Å². The molecule has 1 aliphatic carbocycles. The molecule has 0 N–H and O–H groups in total. The molecule has 0 saturated heterocycles. The molecular weight excluding hydrogens is 317 g/mol. The molecule has 0 radical (unpaired) electrons. The summed E-state index contributed by atoms with van der Waals surface area (Å²) in [6.07, 6.45) is 8.49. The molecular formula is C21H26FNO2. The van der Waals surface area contributed by atoms with Crippen LogP contribution in [0.3, 0.4) is 0 Å². The topological polar surface area (TPSA) is 50.1 Å². The molecule has 0 aliphatic heterocycles. The molecule has 25 heavy (non-hydrogen) atoms. The second kappa shape index (κ2) is 9.98. The lowest BCUT2D eigenvalue weighted by molar-refractivity contribution is -0.140. The molecule has 0 amide bonds. The first-order valence-corrected chi connectivity index (χ1v) is 9.18. The van der Waals surface area contributed by atoms with Gasteiger partial charge in [0.15, 0.2) is 5.83 Å². The van der Waals surface area contributed by atoms with E-state index in [9.17, 15) is 9.18 Å². The van der Waals surface area contributed by atoms with E-state index in [0.29, 0.717) is 18.1 Å². The summed E-state index contributed by atoms with van der Waals surface area (Å²) in [5.41, 5.74) is 1.25. The molecule has 0 unspecified atom stereocenters. The summed E-state index contributed by atoms with van der Waals surface area (Å²) in [4.78, 5) is 12.3. The number of benzene rings is 1. The molecule has 1 aromatic rings. The van der Waals surface area contributed by atoms with Crippen molar-refractivity contribution >= 4 is 5.97 Å². The van der Waals surface area contributed by atoms with Gasteiger partial charge in [0.25, 0.3) is 0 Å². The Morgan fingerprint density at radius 3 is 2.56 bits per heavy atom. The number of ether oxygens (including phenoxy) is 1. The zero-order valence-electron chi connectivity index (χ0n) is 14.8. The van der Waals surface area contributed by atoms with Crippen LogP contribution in [-0.2, 0) is 11.2 Å². The molecule has 0 aromatic heterocycles. The minimum absolute atomic E-state index is 0.0436. The van der Waals surface area contributed by atoms with Gasteiger partial charge in [-0.15, -0.1) is 0 Å². The summed E-state index contributed by atoms with van der Waals surface area (Å²) in [6, 6.07) is 9.24. The number of carbonyl (C=O) groups is 1. The van der Waals surface area contributed by atoms with Crippen molar-refractivity contribution in [1.29, 1.82) is 5.26 Å². The third-order valence-corrected chi connectivity index (χ3v) is 4.87. The SMILES string of the molecule is CCCc1ccc(OC(=O)C2CCC(CC/C=C(/F)C#N)CC2)cc1. The van der Waals surface area contributed by atoms with Gasteiger partial charge in [0.1, 0.15) is 11.8 Å². The summed E-state index contributed by atoms with van der Waals surface area (Å²) >= 11 is 0. The highest BCUT2D eigenvalue weighted by atomic mass is 19.1. The van der Waals surface area contributed by atoms with Gasteiger partial charge < -0.3 is 4.74 Å². The summed E-state index contributed by atoms with van der Waals surface area (Å²) in [6.45, 7) is 2.14. The zero-order valence-corrected chi connectivity index (χ0v) is 14.8. The number of nitriles is 1. The maximum Gasteiger partial charge on any atom is 0.314 e. The average molecular weight is 343 g/mol. The third-order valence-electron chi connectivity index (χ3n) is 4.87. The van der Waals surface area contributed by atoms with Gasteiger partial charge in [0, 0.05) is 0 Å². The molecule has 0 atom stereocenters. The van der Waals surface area contributed by atoms with Gasteiger partial charge in [-0.3, -0.25) is 4.79 Å². The van der Waals surface area contributed by atoms with Crippen molar-refractivity contribution in [2.24, 2.45) is 11.8 Å². The molecule has 3 nitrogen and oxygen atoms in total. The van der Waals surface area contributed by atoms with E-state index in [1.165, 1.54) is 17.7 Å². The van der Waals surface area contributed by atoms with Crippen LogP contribution in [-0.4, -0.2) is 5.97 Å². The van der Waals surface area contributed by atoms with Crippen LogP contribution in [0.15, 0.2) is 36.2 Å². The van der Waals surface area contributed by atoms with Crippen molar-refractivity contribution < 1.29 is 13.9 Å². The van der Waals surface area contributed by atoms with Crippen molar-refractivity contribution in [2.45, 2.75) is 58.3 Å². The molecule has 1 aromatic carbocycles. The summed E-state index contributed by atoms with van der Waals surface area (Å²) in [5.74, 6) is 0.224.